The monoisotopic (exact) mass is 396 g/mol. The van der Waals surface area contributed by atoms with E-state index in [2.05, 4.69) is 20.4 Å². The lowest BCUT2D eigenvalue weighted by atomic mass is 10.2. The summed E-state index contributed by atoms with van der Waals surface area (Å²) in [6.45, 7) is 0. The highest BCUT2D eigenvalue weighted by atomic mass is 32.2. The van der Waals surface area contributed by atoms with Crippen molar-refractivity contribution < 1.29 is 13.2 Å². The van der Waals surface area contributed by atoms with Crippen molar-refractivity contribution in [2.45, 2.75) is 17.1 Å². The van der Waals surface area contributed by atoms with Crippen LogP contribution in [0.25, 0.3) is 16.7 Å². The minimum Gasteiger partial charge on any atom is -0.335 e. The summed E-state index contributed by atoms with van der Waals surface area (Å²) in [7, 11) is 1.57. The first-order valence-corrected chi connectivity index (χ1v) is 8.50. The summed E-state index contributed by atoms with van der Waals surface area (Å²) in [6.07, 6.45) is -4.70. The van der Waals surface area contributed by atoms with E-state index in [1.807, 2.05) is 0 Å². The first-order valence-electron chi connectivity index (χ1n) is 7.51. The Kier molecular flexibility index (Phi) is 3.83. The molecule has 27 heavy (non-hydrogen) atoms. The minimum absolute atomic E-state index is 0.117. The summed E-state index contributed by atoms with van der Waals surface area (Å²) in [5, 5.41) is 15.0. The lowest BCUT2D eigenvalue weighted by Crippen LogP contribution is -2.21. The van der Waals surface area contributed by atoms with Crippen LogP contribution in [0.15, 0.2) is 34.2 Å². The molecule has 0 aliphatic heterocycles. The zero-order valence-electron chi connectivity index (χ0n) is 13.7. The molecule has 0 radical (unpaired) electrons. The van der Waals surface area contributed by atoms with Crippen molar-refractivity contribution in [1.29, 1.82) is 0 Å². The number of aryl methyl sites for hydroxylation is 1. The molecule has 4 rings (SSSR count). The van der Waals surface area contributed by atoms with Gasteiger partial charge in [0.15, 0.2) is 0 Å². The third-order valence-electron chi connectivity index (χ3n) is 3.94. The van der Waals surface area contributed by atoms with Crippen molar-refractivity contribution in [3.05, 3.63) is 46.3 Å². The maximum Gasteiger partial charge on any atom is 0.453 e. The van der Waals surface area contributed by atoms with Crippen LogP contribution >= 0.6 is 11.8 Å². The standard InChI is InChI=1S/C14H11F3N8OS/c1-23-10(26)7-4-2-3-5-8(7)24-9(19-21-12(23)24)6-27-13-22-20-11(25(13)18)14(15,16)17/h2-5H,6,18H2,1H3. The van der Waals surface area contributed by atoms with E-state index in [0.29, 0.717) is 27.2 Å². The van der Waals surface area contributed by atoms with Gasteiger partial charge in [-0.05, 0) is 12.1 Å². The molecular weight excluding hydrogens is 385 g/mol. The SMILES string of the molecule is Cn1c(=O)c2ccccc2n2c(CSc3nnc(C(F)(F)F)n3N)nnc12. The normalized spacial score (nSPS) is 12.3. The zero-order valence-corrected chi connectivity index (χ0v) is 14.5. The van der Waals surface area contributed by atoms with Crippen LogP contribution in [0.1, 0.15) is 11.6 Å². The fourth-order valence-corrected chi connectivity index (χ4v) is 3.45. The second-order valence-electron chi connectivity index (χ2n) is 5.60. The molecule has 0 fully saturated rings. The third-order valence-corrected chi connectivity index (χ3v) is 4.88. The van der Waals surface area contributed by atoms with E-state index in [-0.39, 0.29) is 16.5 Å². The molecule has 0 unspecified atom stereocenters. The molecule has 2 N–H and O–H groups in total. The van der Waals surface area contributed by atoms with Crippen LogP contribution in [0.5, 0.6) is 0 Å². The lowest BCUT2D eigenvalue weighted by molar-refractivity contribution is -0.146. The predicted molar refractivity (Wildman–Crippen MR) is 90.5 cm³/mol. The number of benzene rings is 1. The molecule has 0 bridgehead atoms. The number of hydrogen-bond donors (Lipinski definition) is 1. The topological polar surface area (TPSA) is 109 Å². The second kappa shape index (κ2) is 5.97. The van der Waals surface area contributed by atoms with Gasteiger partial charge in [-0.25, -0.2) is 4.68 Å². The van der Waals surface area contributed by atoms with Gasteiger partial charge in [0.2, 0.25) is 10.9 Å². The number of aromatic nitrogens is 7. The Bertz CT molecular complexity index is 1230. The molecule has 3 heterocycles. The van der Waals surface area contributed by atoms with Crippen molar-refractivity contribution in [2.75, 3.05) is 5.84 Å². The minimum atomic E-state index is -4.70. The van der Waals surface area contributed by atoms with E-state index in [1.165, 1.54) is 4.57 Å². The van der Waals surface area contributed by atoms with Crippen molar-refractivity contribution >= 4 is 28.4 Å². The molecule has 0 aliphatic carbocycles. The third kappa shape index (κ3) is 2.70. The number of rotatable bonds is 3. The summed E-state index contributed by atoms with van der Waals surface area (Å²) in [6, 6.07) is 6.93. The largest absolute Gasteiger partial charge is 0.453 e. The van der Waals surface area contributed by atoms with Crippen molar-refractivity contribution in [3.8, 4) is 0 Å². The first-order chi connectivity index (χ1) is 12.8. The maximum atomic E-state index is 12.8. The molecule has 140 valence electrons. The van der Waals surface area contributed by atoms with Gasteiger partial charge in [-0.2, -0.15) is 13.2 Å². The second-order valence-corrected chi connectivity index (χ2v) is 6.54. The Labute approximate surface area is 152 Å². The van der Waals surface area contributed by atoms with E-state index in [0.717, 1.165) is 11.8 Å². The number of hydrogen-bond acceptors (Lipinski definition) is 7. The van der Waals surface area contributed by atoms with E-state index in [9.17, 15) is 18.0 Å². The number of nitrogens with zero attached hydrogens (tertiary/aromatic N) is 7. The summed E-state index contributed by atoms with van der Waals surface area (Å²) in [5.74, 6) is 5.02. The van der Waals surface area contributed by atoms with Gasteiger partial charge in [0.05, 0.1) is 16.7 Å². The molecule has 0 spiro atoms. The highest BCUT2D eigenvalue weighted by molar-refractivity contribution is 7.98. The Morgan fingerprint density at radius 3 is 2.59 bits per heavy atom. The van der Waals surface area contributed by atoms with Gasteiger partial charge in [0.1, 0.15) is 5.82 Å². The molecule has 4 aromatic rings. The zero-order chi connectivity index (χ0) is 19.3. The number of nitrogens with two attached hydrogens (primary N) is 1. The first kappa shape index (κ1) is 17.3. The summed E-state index contributed by atoms with van der Waals surface area (Å²) >= 11 is 0.929. The molecule has 0 atom stereocenters. The number of fused-ring (bicyclic) bond motifs is 3. The van der Waals surface area contributed by atoms with Crippen molar-refractivity contribution in [3.63, 3.8) is 0 Å². The molecule has 0 saturated heterocycles. The van der Waals surface area contributed by atoms with Crippen molar-refractivity contribution in [2.24, 2.45) is 7.05 Å². The number of alkyl halides is 3. The Balaban J connectivity index is 1.76. The number of para-hydroxylation sites is 1. The van der Waals surface area contributed by atoms with Gasteiger partial charge in [-0.1, -0.05) is 23.9 Å². The molecule has 13 heteroatoms. The summed E-state index contributed by atoms with van der Waals surface area (Å²) in [4.78, 5) is 12.4. The van der Waals surface area contributed by atoms with Crippen LogP contribution in [0.2, 0.25) is 0 Å². The molecule has 3 aromatic heterocycles. The number of halogens is 3. The molecule has 1 aromatic carbocycles. The van der Waals surface area contributed by atoms with Crippen LogP contribution in [0, 0.1) is 0 Å². The molecule has 0 amide bonds. The van der Waals surface area contributed by atoms with Gasteiger partial charge in [-0.15, -0.1) is 20.4 Å². The quantitative estimate of drug-likeness (QED) is 0.409. The van der Waals surface area contributed by atoms with E-state index < -0.39 is 12.0 Å². The van der Waals surface area contributed by atoms with E-state index in [4.69, 9.17) is 5.84 Å². The maximum absolute atomic E-state index is 12.8. The van der Waals surface area contributed by atoms with Crippen LogP contribution in [0.4, 0.5) is 13.2 Å². The molecule has 9 nitrogen and oxygen atoms in total. The van der Waals surface area contributed by atoms with Crippen LogP contribution in [0.3, 0.4) is 0 Å². The van der Waals surface area contributed by atoms with Gasteiger partial charge < -0.3 is 5.84 Å². The molecule has 0 saturated carbocycles. The van der Waals surface area contributed by atoms with Gasteiger partial charge >= 0.3 is 6.18 Å². The van der Waals surface area contributed by atoms with Gasteiger partial charge in [0, 0.05) is 7.05 Å². The Hall–Kier alpha value is -3.09. The Morgan fingerprint density at radius 2 is 1.89 bits per heavy atom. The fourth-order valence-electron chi connectivity index (χ4n) is 2.68. The van der Waals surface area contributed by atoms with Gasteiger partial charge in [0.25, 0.3) is 11.4 Å². The highest BCUT2D eigenvalue weighted by Gasteiger charge is 2.38. The van der Waals surface area contributed by atoms with E-state index in [1.54, 1.807) is 35.7 Å². The van der Waals surface area contributed by atoms with Crippen LogP contribution in [-0.2, 0) is 19.0 Å². The van der Waals surface area contributed by atoms with Crippen LogP contribution in [-0.4, -0.2) is 34.0 Å². The average Bonchev–Trinajstić information content (AvgIpc) is 3.21. The number of nitrogen functional groups attached to an aromatic ring is 1. The van der Waals surface area contributed by atoms with Crippen molar-refractivity contribution in [1.82, 2.24) is 34.0 Å². The molecule has 0 aliphatic rings. The lowest BCUT2D eigenvalue weighted by Gasteiger charge is -2.08. The molecular formula is C14H11F3N8OS. The fraction of sp³-hybridized carbons (Fsp3) is 0.214. The van der Waals surface area contributed by atoms with E-state index >= 15 is 0 Å². The number of thioether (sulfide) groups is 1. The Morgan fingerprint density at radius 1 is 1.15 bits per heavy atom. The van der Waals surface area contributed by atoms with Gasteiger partial charge in [-0.3, -0.25) is 13.8 Å². The average molecular weight is 396 g/mol. The highest BCUT2D eigenvalue weighted by Crippen LogP contribution is 2.29. The smallest absolute Gasteiger partial charge is 0.335 e. The summed E-state index contributed by atoms with van der Waals surface area (Å²) < 4.78 is 41.7. The van der Waals surface area contributed by atoms with Crippen LogP contribution < -0.4 is 11.4 Å². The summed E-state index contributed by atoms with van der Waals surface area (Å²) in [5.41, 5.74) is 0.377. The predicted octanol–water partition coefficient (Wildman–Crippen LogP) is 1.20.